The number of hydrogen-bond donors (Lipinski definition) is 1. The summed E-state index contributed by atoms with van der Waals surface area (Å²) in [6, 6.07) is 5.27. The zero-order valence-electron chi connectivity index (χ0n) is 9.25. The fraction of sp³-hybridized carbons (Fsp3) is 0.417. The molecule has 3 nitrogen and oxygen atoms in total. The maximum Gasteiger partial charge on any atom is 0.337 e. The highest BCUT2D eigenvalue weighted by Gasteiger charge is 2.07. The maximum atomic E-state index is 11.3. The van der Waals surface area contributed by atoms with Gasteiger partial charge in [-0.25, -0.2) is 4.79 Å². The number of hydrogen-bond acceptors (Lipinski definition) is 3. The van der Waals surface area contributed by atoms with Gasteiger partial charge in [0.25, 0.3) is 0 Å². The van der Waals surface area contributed by atoms with Crippen LogP contribution in [0.5, 0.6) is 0 Å². The molecular formula is C12H17NO2. The number of esters is 1. The van der Waals surface area contributed by atoms with E-state index >= 15 is 0 Å². The van der Waals surface area contributed by atoms with E-state index in [9.17, 15) is 4.79 Å². The maximum absolute atomic E-state index is 11.3. The van der Waals surface area contributed by atoms with E-state index < -0.39 is 0 Å². The quantitative estimate of drug-likeness (QED) is 0.609. The molecule has 0 atom stereocenters. The number of methoxy groups -OCH3 is 1. The molecule has 0 heterocycles. The van der Waals surface area contributed by atoms with Crippen LogP contribution in [0.1, 0.15) is 35.7 Å². The number of nitrogen functional groups attached to an aromatic ring is 1. The molecule has 0 amide bonds. The smallest absolute Gasteiger partial charge is 0.337 e. The molecule has 1 rings (SSSR count). The molecule has 0 spiro atoms. The molecule has 0 aliphatic carbocycles. The molecule has 1 aromatic carbocycles. The normalized spacial score (nSPS) is 10.0. The van der Waals surface area contributed by atoms with Crippen molar-refractivity contribution in [3.05, 3.63) is 29.3 Å². The standard InChI is InChI=1S/C12H17NO2/c1-3-4-5-9-8-10(12(14)15-2)6-7-11(9)13/h6-8H,3-5,13H2,1-2H3. The average molecular weight is 207 g/mol. The summed E-state index contributed by atoms with van der Waals surface area (Å²) in [7, 11) is 1.38. The van der Waals surface area contributed by atoms with E-state index in [-0.39, 0.29) is 5.97 Å². The van der Waals surface area contributed by atoms with Gasteiger partial charge in [-0.2, -0.15) is 0 Å². The fourth-order valence-corrected chi connectivity index (χ4v) is 1.43. The summed E-state index contributed by atoms with van der Waals surface area (Å²) < 4.78 is 4.66. The van der Waals surface area contributed by atoms with Crippen molar-refractivity contribution in [2.75, 3.05) is 12.8 Å². The Morgan fingerprint density at radius 2 is 2.20 bits per heavy atom. The van der Waals surface area contributed by atoms with Gasteiger partial charge in [0.1, 0.15) is 0 Å². The first-order valence-electron chi connectivity index (χ1n) is 5.15. The second kappa shape index (κ2) is 5.39. The zero-order chi connectivity index (χ0) is 11.3. The lowest BCUT2D eigenvalue weighted by molar-refractivity contribution is 0.0600. The van der Waals surface area contributed by atoms with Crippen molar-refractivity contribution in [1.82, 2.24) is 0 Å². The zero-order valence-corrected chi connectivity index (χ0v) is 9.25. The number of nitrogens with two attached hydrogens (primary N) is 1. The Hall–Kier alpha value is -1.51. The molecule has 82 valence electrons. The molecular weight excluding hydrogens is 190 g/mol. The molecule has 0 aliphatic heterocycles. The monoisotopic (exact) mass is 207 g/mol. The van der Waals surface area contributed by atoms with Crippen LogP contribution in [-0.4, -0.2) is 13.1 Å². The van der Waals surface area contributed by atoms with Crippen LogP contribution in [0.3, 0.4) is 0 Å². The molecule has 0 aliphatic rings. The van der Waals surface area contributed by atoms with Gasteiger partial charge in [-0.3, -0.25) is 0 Å². The highest BCUT2D eigenvalue weighted by Crippen LogP contribution is 2.17. The fourth-order valence-electron chi connectivity index (χ4n) is 1.43. The van der Waals surface area contributed by atoms with Crippen molar-refractivity contribution in [1.29, 1.82) is 0 Å². The molecule has 1 aromatic rings. The van der Waals surface area contributed by atoms with Crippen LogP contribution in [0, 0.1) is 0 Å². The average Bonchev–Trinajstić information content (AvgIpc) is 2.27. The predicted octanol–water partition coefficient (Wildman–Crippen LogP) is 2.40. The number of ether oxygens (including phenoxy) is 1. The molecule has 0 bridgehead atoms. The van der Waals surface area contributed by atoms with Crippen molar-refractivity contribution >= 4 is 11.7 Å². The van der Waals surface area contributed by atoms with Crippen LogP contribution >= 0.6 is 0 Å². The molecule has 0 saturated heterocycles. The van der Waals surface area contributed by atoms with Crippen molar-refractivity contribution in [3.63, 3.8) is 0 Å². The van der Waals surface area contributed by atoms with Gasteiger partial charge in [-0.05, 0) is 36.6 Å². The molecule has 0 fully saturated rings. The van der Waals surface area contributed by atoms with E-state index in [4.69, 9.17) is 5.73 Å². The van der Waals surface area contributed by atoms with Gasteiger partial charge in [0.15, 0.2) is 0 Å². The van der Waals surface area contributed by atoms with Crippen molar-refractivity contribution in [3.8, 4) is 0 Å². The third kappa shape index (κ3) is 2.98. The van der Waals surface area contributed by atoms with Gasteiger partial charge in [0, 0.05) is 5.69 Å². The number of rotatable bonds is 4. The van der Waals surface area contributed by atoms with Crippen LogP contribution in [0.4, 0.5) is 5.69 Å². The number of carbonyl (C=O) groups excluding carboxylic acids is 1. The number of anilines is 1. The topological polar surface area (TPSA) is 52.3 Å². The first-order chi connectivity index (χ1) is 7.19. The SMILES string of the molecule is CCCCc1cc(C(=O)OC)ccc1N. The molecule has 15 heavy (non-hydrogen) atoms. The molecule has 0 unspecified atom stereocenters. The van der Waals surface area contributed by atoms with Crippen LogP contribution in [0.2, 0.25) is 0 Å². The Labute approximate surface area is 90.2 Å². The first kappa shape index (κ1) is 11.6. The lowest BCUT2D eigenvalue weighted by Crippen LogP contribution is -2.03. The lowest BCUT2D eigenvalue weighted by atomic mass is 10.0. The Morgan fingerprint density at radius 3 is 2.80 bits per heavy atom. The molecule has 0 aromatic heterocycles. The van der Waals surface area contributed by atoms with Gasteiger partial charge in [-0.15, -0.1) is 0 Å². The van der Waals surface area contributed by atoms with E-state index in [0.717, 1.165) is 30.5 Å². The summed E-state index contributed by atoms with van der Waals surface area (Å²) in [6.45, 7) is 2.13. The number of benzene rings is 1. The van der Waals surface area contributed by atoms with Gasteiger partial charge in [-0.1, -0.05) is 13.3 Å². The molecule has 0 saturated carbocycles. The Balaban J connectivity index is 2.89. The van der Waals surface area contributed by atoms with Crippen molar-refractivity contribution in [2.24, 2.45) is 0 Å². The van der Waals surface area contributed by atoms with Crippen LogP contribution in [-0.2, 0) is 11.2 Å². The summed E-state index contributed by atoms with van der Waals surface area (Å²) in [5, 5.41) is 0. The minimum atomic E-state index is -0.312. The summed E-state index contributed by atoms with van der Waals surface area (Å²) in [5.41, 5.74) is 8.16. The largest absolute Gasteiger partial charge is 0.465 e. The van der Waals surface area contributed by atoms with Gasteiger partial charge in [0.2, 0.25) is 0 Å². The van der Waals surface area contributed by atoms with Crippen molar-refractivity contribution < 1.29 is 9.53 Å². The van der Waals surface area contributed by atoms with Gasteiger partial charge < -0.3 is 10.5 Å². The minimum Gasteiger partial charge on any atom is -0.465 e. The second-order valence-corrected chi connectivity index (χ2v) is 3.51. The number of unbranched alkanes of at least 4 members (excludes halogenated alkanes) is 1. The van der Waals surface area contributed by atoms with E-state index in [1.54, 1.807) is 12.1 Å². The van der Waals surface area contributed by atoms with Crippen molar-refractivity contribution in [2.45, 2.75) is 26.2 Å². The van der Waals surface area contributed by atoms with Gasteiger partial charge in [0.05, 0.1) is 12.7 Å². The number of aryl methyl sites for hydroxylation is 1. The molecule has 0 radical (unpaired) electrons. The van der Waals surface area contributed by atoms with Crippen LogP contribution < -0.4 is 5.73 Å². The summed E-state index contributed by atoms with van der Waals surface area (Å²) in [6.07, 6.45) is 3.10. The Bertz CT molecular complexity index is 347. The highest BCUT2D eigenvalue weighted by atomic mass is 16.5. The van der Waals surface area contributed by atoms with E-state index in [2.05, 4.69) is 11.7 Å². The second-order valence-electron chi connectivity index (χ2n) is 3.51. The first-order valence-corrected chi connectivity index (χ1v) is 5.15. The molecule has 3 heteroatoms. The summed E-state index contributed by atoms with van der Waals surface area (Å²) in [4.78, 5) is 11.3. The van der Waals surface area contributed by atoms with Crippen LogP contribution in [0.15, 0.2) is 18.2 Å². The predicted molar refractivity (Wildman–Crippen MR) is 60.8 cm³/mol. The minimum absolute atomic E-state index is 0.312. The Morgan fingerprint density at radius 1 is 1.47 bits per heavy atom. The highest BCUT2D eigenvalue weighted by molar-refractivity contribution is 5.90. The number of carbonyl (C=O) groups is 1. The van der Waals surface area contributed by atoms with E-state index in [0.29, 0.717) is 5.56 Å². The summed E-state index contributed by atoms with van der Waals surface area (Å²) in [5.74, 6) is -0.312. The third-order valence-electron chi connectivity index (χ3n) is 2.36. The molecule has 2 N–H and O–H groups in total. The van der Waals surface area contributed by atoms with E-state index in [1.165, 1.54) is 7.11 Å². The lowest BCUT2D eigenvalue weighted by Gasteiger charge is -2.07. The third-order valence-corrected chi connectivity index (χ3v) is 2.36. The van der Waals surface area contributed by atoms with Gasteiger partial charge >= 0.3 is 5.97 Å². The summed E-state index contributed by atoms with van der Waals surface area (Å²) >= 11 is 0. The van der Waals surface area contributed by atoms with E-state index in [1.807, 2.05) is 6.07 Å². The van der Waals surface area contributed by atoms with Crippen LogP contribution in [0.25, 0.3) is 0 Å². The Kier molecular flexibility index (Phi) is 4.16.